The summed E-state index contributed by atoms with van der Waals surface area (Å²) in [6.45, 7) is 9.53. The van der Waals surface area contributed by atoms with Crippen LogP contribution in [0.25, 0.3) is 0 Å². The molecule has 1 aliphatic rings. The van der Waals surface area contributed by atoms with Gasteiger partial charge in [0.2, 0.25) is 0 Å². The van der Waals surface area contributed by atoms with Gasteiger partial charge >= 0.3 is 0 Å². The van der Waals surface area contributed by atoms with E-state index in [-0.39, 0.29) is 5.54 Å². The summed E-state index contributed by atoms with van der Waals surface area (Å²) >= 11 is 1.82. The van der Waals surface area contributed by atoms with Crippen molar-refractivity contribution < 1.29 is 0 Å². The average Bonchev–Trinajstić information content (AvgIpc) is 2.29. The molecule has 0 aromatic carbocycles. The molecule has 3 heteroatoms. The molecule has 0 radical (unpaired) electrons. The maximum atomic E-state index is 5.69. The maximum Gasteiger partial charge on any atom is 0.0915 e. The van der Waals surface area contributed by atoms with E-state index in [0.29, 0.717) is 5.37 Å². The topological polar surface area (TPSA) is 29.3 Å². The van der Waals surface area contributed by atoms with Crippen molar-refractivity contribution in [3.8, 4) is 0 Å². The minimum absolute atomic E-state index is 0.189. The van der Waals surface area contributed by atoms with Crippen LogP contribution >= 0.6 is 11.8 Å². The van der Waals surface area contributed by atoms with Gasteiger partial charge in [0.05, 0.1) is 5.37 Å². The molecule has 0 aromatic heterocycles. The highest BCUT2D eigenvalue weighted by Gasteiger charge is 2.31. The van der Waals surface area contributed by atoms with E-state index in [0.717, 1.165) is 6.54 Å². The molecule has 2 nitrogen and oxygen atoms in total. The number of nitrogens with zero attached hydrogens (tertiary/aromatic N) is 1. The second-order valence-electron chi connectivity index (χ2n) is 4.13. The lowest BCUT2D eigenvalue weighted by molar-refractivity contribution is 0.179. The van der Waals surface area contributed by atoms with Gasteiger partial charge in [0.25, 0.3) is 0 Å². The van der Waals surface area contributed by atoms with Gasteiger partial charge in [0.1, 0.15) is 0 Å². The lowest BCUT2D eigenvalue weighted by Gasteiger charge is -2.39. The van der Waals surface area contributed by atoms with Gasteiger partial charge in [-0.3, -0.25) is 0 Å². The largest absolute Gasteiger partial charge is 0.356 e. The van der Waals surface area contributed by atoms with Gasteiger partial charge in [-0.25, -0.2) is 0 Å². The van der Waals surface area contributed by atoms with Crippen LogP contribution in [-0.2, 0) is 0 Å². The number of hydrogen-bond acceptors (Lipinski definition) is 3. The molecule has 0 saturated heterocycles. The average molecular weight is 186 g/mol. The standard InChI is InChI=1S/C9H18N2S/c1-7-6-12-8(5-10)11(7)9(2,3)4/h6,8H,5,10H2,1-4H3. The molecule has 12 heavy (non-hydrogen) atoms. The van der Waals surface area contributed by atoms with Crippen LogP contribution in [0, 0.1) is 0 Å². The van der Waals surface area contributed by atoms with E-state index < -0.39 is 0 Å². The van der Waals surface area contributed by atoms with Crippen LogP contribution in [0.3, 0.4) is 0 Å². The van der Waals surface area contributed by atoms with Crippen molar-refractivity contribution in [2.75, 3.05) is 6.54 Å². The van der Waals surface area contributed by atoms with E-state index in [1.165, 1.54) is 5.70 Å². The number of thioether (sulfide) groups is 1. The summed E-state index contributed by atoms with van der Waals surface area (Å²) in [5, 5.41) is 2.63. The Morgan fingerprint density at radius 3 is 2.50 bits per heavy atom. The first-order valence-corrected chi connectivity index (χ1v) is 5.22. The van der Waals surface area contributed by atoms with Gasteiger partial charge in [-0.15, -0.1) is 11.8 Å². The fourth-order valence-corrected chi connectivity index (χ4v) is 2.83. The van der Waals surface area contributed by atoms with Crippen LogP contribution in [0.1, 0.15) is 27.7 Å². The molecule has 2 N–H and O–H groups in total. The van der Waals surface area contributed by atoms with E-state index in [1.807, 2.05) is 11.8 Å². The monoisotopic (exact) mass is 186 g/mol. The zero-order chi connectivity index (χ0) is 9.35. The van der Waals surface area contributed by atoms with Crippen molar-refractivity contribution in [3.05, 3.63) is 11.1 Å². The Bertz CT molecular complexity index is 193. The Morgan fingerprint density at radius 2 is 2.17 bits per heavy atom. The van der Waals surface area contributed by atoms with Crippen LogP contribution in [0.2, 0.25) is 0 Å². The zero-order valence-corrected chi connectivity index (χ0v) is 9.11. The van der Waals surface area contributed by atoms with Crippen LogP contribution in [0.4, 0.5) is 0 Å². The van der Waals surface area contributed by atoms with Gasteiger partial charge in [-0.2, -0.15) is 0 Å². The molecule has 1 rings (SSSR count). The summed E-state index contributed by atoms with van der Waals surface area (Å²) in [6, 6.07) is 0. The summed E-state index contributed by atoms with van der Waals surface area (Å²) in [5.41, 5.74) is 7.21. The highest BCUT2D eigenvalue weighted by molar-refractivity contribution is 8.02. The first-order chi connectivity index (χ1) is 5.46. The predicted molar refractivity (Wildman–Crippen MR) is 55.8 cm³/mol. The van der Waals surface area contributed by atoms with Crippen molar-refractivity contribution in [2.45, 2.75) is 38.6 Å². The minimum atomic E-state index is 0.189. The SMILES string of the molecule is CC1=CSC(CN)N1C(C)(C)C. The van der Waals surface area contributed by atoms with Gasteiger partial charge in [0, 0.05) is 17.8 Å². The second-order valence-corrected chi connectivity index (χ2v) is 5.18. The molecule has 0 bridgehead atoms. The Morgan fingerprint density at radius 1 is 1.58 bits per heavy atom. The van der Waals surface area contributed by atoms with E-state index >= 15 is 0 Å². The summed E-state index contributed by atoms with van der Waals surface area (Å²) in [6.07, 6.45) is 0. The zero-order valence-electron chi connectivity index (χ0n) is 8.29. The molecular weight excluding hydrogens is 168 g/mol. The van der Waals surface area contributed by atoms with Crippen LogP contribution in [0.15, 0.2) is 11.1 Å². The molecule has 0 fully saturated rings. The highest BCUT2D eigenvalue weighted by Crippen LogP contribution is 2.35. The highest BCUT2D eigenvalue weighted by atomic mass is 32.2. The maximum absolute atomic E-state index is 5.69. The predicted octanol–water partition coefficient (Wildman–Crippen LogP) is 1.98. The summed E-state index contributed by atoms with van der Waals surface area (Å²) in [5.74, 6) is 0. The van der Waals surface area contributed by atoms with E-state index in [2.05, 4.69) is 38.0 Å². The Hall–Kier alpha value is -0.150. The summed E-state index contributed by atoms with van der Waals surface area (Å²) in [4.78, 5) is 2.39. The van der Waals surface area contributed by atoms with Crippen LogP contribution in [-0.4, -0.2) is 22.4 Å². The molecule has 0 aliphatic carbocycles. The lowest BCUT2D eigenvalue weighted by Crippen LogP contribution is -2.46. The smallest absolute Gasteiger partial charge is 0.0915 e. The third-order valence-electron chi connectivity index (χ3n) is 1.99. The fraction of sp³-hybridized carbons (Fsp3) is 0.778. The molecule has 0 amide bonds. The molecule has 0 aromatic rings. The van der Waals surface area contributed by atoms with E-state index in [9.17, 15) is 0 Å². The number of nitrogens with two attached hydrogens (primary N) is 1. The Balaban J connectivity index is 2.78. The first-order valence-electron chi connectivity index (χ1n) is 4.28. The minimum Gasteiger partial charge on any atom is -0.356 e. The summed E-state index contributed by atoms with van der Waals surface area (Å²) in [7, 11) is 0. The van der Waals surface area contributed by atoms with Crippen LogP contribution in [0.5, 0.6) is 0 Å². The molecule has 1 unspecified atom stereocenters. The lowest BCUT2D eigenvalue weighted by atomic mass is 10.1. The summed E-state index contributed by atoms with van der Waals surface area (Å²) < 4.78 is 0. The van der Waals surface area contributed by atoms with Crippen molar-refractivity contribution in [3.63, 3.8) is 0 Å². The molecule has 1 aliphatic heterocycles. The van der Waals surface area contributed by atoms with E-state index in [4.69, 9.17) is 5.73 Å². The van der Waals surface area contributed by atoms with Gasteiger partial charge in [-0.1, -0.05) is 0 Å². The Labute approximate surface area is 79.2 Å². The normalized spacial score (nSPS) is 24.6. The third kappa shape index (κ3) is 1.77. The Kier molecular flexibility index (Phi) is 2.74. The van der Waals surface area contributed by atoms with Gasteiger partial charge in [0.15, 0.2) is 0 Å². The molecule has 1 atom stereocenters. The number of allylic oxidation sites excluding steroid dienone is 1. The fourth-order valence-electron chi connectivity index (χ4n) is 1.64. The van der Waals surface area contributed by atoms with Gasteiger partial charge in [-0.05, 0) is 33.1 Å². The van der Waals surface area contributed by atoms with Crippen molar-refractivity contribution in [1.82, 2.24) is 4.90 Å². The van der Waals surface area contributed by atoms with Gasteiger partial charge < -0.3 is 10.6 Å². The van der Waals surface area contributed by atoms with Crippen molar-refractivity contribution in [1.29, 1.82) is 0 Å². The molecule has 0 spiro atoms. The molecule has 1 heterocycles. The van der Waals surface area contributed by atoms with E-state index in [1.54, 1.807) is 0 Å². The third-order valence-corrected chi connectivity index (χ3v) is 3.18. The molecule has 0 saturated carbocycles. The first kappa shape index (κ1) is 9.93. The second kappa shape index (κ2) is 3.30. The van der Waals surface area contributed by atoms with Crippen LogP contribution < -0.4 is 5.73 Å². The quantitative estimate of drug-likeness (QED) is 0.679. The number of rotatable bonds is 1. The molecular formula is C9H18N2S. The van der Waals surface area contributed by atoms with Crippen molar-refractivity contribution >= 4 is 11.8 Å². The molecule has 70 valence electrons. The van der Waals surface area contributed by atoms with Crippen molar-refractivity contribution in [2.24, 2.45) is 5.73 Å². The number of hydrogen-bond donors (Lipinski definition) is 1.